The predicted molar refractivity (Wildman–Crippen MR) is 109 cm³/mol. The van der Waals surface area contributed by atoms with E-state index in [1.807, 2.05) is 0 Å². The summed E-state index contributed by atoms with van der Waals surface area (Å²) in [6.45, 7) is 2.44. The van der Waals surface area contributed by atoms with E-state index < -0.39 is 24.3 Å². The first kappa shape index (κ1) is 22.9. The van der Waals surface area contributed by atoms with E-state index in [0.717, 1.165) is 0 Å². The fourth-order valence-corrected chi connectivity index (χ4v) is 2.59. The second-order valence-corrected chi connectivity index (χ2v) is 6.46. The van der Waals surface area contributed by atoms with E-state index in [4.69, 9.17) is 25.8 Å². The van der Waals surface area contributed by atoms with Crippen molar-refractivity contribution in [2.75, 3.05) is 19.0 Å². The third kappa shape index (κ3) is 6.05. The van der Waals surface area contributed by atoms with Crippen LogP contribution < -0.4 is 14.8 Å². The summed E-state index contributed by atoms with van der Waals surface area (Å²) in [7, 11) is 1.35. The Morgan fingerprint density at radius 1 is 1.07 bits per heavy atom. The average Bonchev–Trinajstić information content (AvgIpc) is 2.72. The van der Waals surface area contributed by atoms with Crippen molar-refractivity contribution in [2.45, 2.75) is 20.3 Å². The van der Waals surface area contributed by atoms with E-state index in [1.165, 1.54) is 50.4 Å². The number of carbonyl (C=O) groups excluding carboxylic acids is 4. The number of ether oxygens (including phenoxy) is 3. The number of methoxy groups -OCH3 is 1. The largest absolute Gasteiger partial charge is 0.496 e. The molecule has 0 bridgehead atoms. The Labute approximate surface area is 178 Å². The van der Waals surface area contributed by atoms with Crippen molar-refractivity contribution < 1.29 is 33.4 Å². The molecule has 0 fully saturated rings. The minimum atomic E-state index is -0.813. The highest BCUT2D eigenvalue weighted by Crippen LogP contribution is 2.31. The highest BCUT2D eigenvalue weighted by molar-refractivity contribution is 6.34. The number of Topliss-reactive ketones (excluding diaryl/α,β-unsaturated/α-hetero) is 1. The molecular weight excluding hydrogens is 414 g/mol. The minimum Gasteiger partial charge on any atom is -0.496 e. The van der Waals surface area contributed by atoms with Gasteiger partial charge in [0, 0.05) is 25.0 Å². The molecule has 0 spiro atoms. The molecule has 9 heteroatoms. The summed E-state index contributed by atoms with van der Waals surface area (Å²) >= 11 is 6.13. The molecule has 30 heavy (non-hydrogen) atoms. The Morgan fingerprint density at radius 3 is 2.30 bits per heavy atom. The molecule has 1 amide bonds. The van der Waals surface area contributed by atoms with Crippen molar-refractivity contribution in [3.8, 4) is 11.5 Å². The smallest absolute Gasteiger partial charge is 0.342 e. The van der Waals surface area contributed by atoms with Gasteiger partial charge < -0.3 is 19.5 Å². The number of hydrogen-bond acceptors (Lipinski definition) is 7. The van der Waals surface area contributed by atoms with E-state index in [9.17, 15) is 19.2 Å². The number of carbonyl (C=O) groups is 4. The maximum atomic E-state index is 12.4. The van der Waals surface area contributed by atoms with Crippen LogP contribution in [0.15, 0.2) is 36.4 Å². The molecule has 0 saturated heterocycles. The lowest BCUT2D eigenvalue weighted by Crippen LogP contribution is -2.16. The summed E-state index contributed by atoms with van der Waals surface area (Å²) < 4.78 is 15.1. The van der Waals surface area contributed by atoms with Crippen LogP contribution in [0.1, 0.15) is 41.0 Å². The van der Waals surface area contributed by atoms with Crippen LogP contribution in [0.5, 0.6) is 11.5 Å². The highest BCUT2D eigenvalue weighted by atomic mass is 35.5. The number of amides is 1. The first-order valence-corrected chi connectivity index (χ1v) is 9.29. The van der Waals surface area contributed by atoms with E-state index >= 15 is 0 Å². The molecule has 158 valence electrons. The van der Waals surface area contributed by atoms with Gasteiger partial charge in [-0.2, -0.15) is 0 Å². The SMILES string of the molecule is CCC(=O)Nc1cc(OC)c(C(=O)OCC(=O)c2ccc(OC(C)=O)cc2)cc1Cl. The molecule has 8 nitrogen and oxygen atoms in total. The van der Waals surface area contributed by atoms with Crippen LogP contribution >= 0.6 is 11.6 Å². The topological polar surface area (TPSA) is 108 Å². The van der Waals surface area contributed by atoms with Crippen LogP contribution in [0.25, 0.3) is 0 Å². The van der Waals surface area contributed by atoms with Crippen LogP contribution in [0, 0.1) is 0 Å². The molecular formula is C21H20ClNO7. The molecule has 1 N–H and O–H groups in total. The van der Waals surface area contributed by atoms with Gasteiger partial charge in [0.05, 0.1) is 17.8 Å². The molecule has 0 aliphatic carbocycles. The summed E-state index contributed by atoms with van der Waals surface area (Å²) in [5.74, 6) is -1.56. The van der Waals surface area contributed by atoms with Crippen molar-refractivity contribution >= 4 is 40.9 Å². The fourth-order valence-electron chi connectivity index (χ4n) is 2.38. The van der Waals surface area contributed by atoms with E-state index in [-0.39, 0.29) is 34.2 Å². The quantitative estimate of drug-likeness (QED) is 0.384. The van der Waals surface area contributed by atoms with Gasteiger partial charge in [-0.1, -0.05) is 18.5 Å². The van der Waals surface area contributed by atoms with Crippen LogP contribution in [-0.2, 0) is 14.3 Å². The van der Waals surface area contributed by atoms with Crippen molar-refractivity contribution in [1.29, 1.82) is 0 Å². The lowest BCUT2D eigenvalue weighted by Gasteiger charge is -2.13. The Morgan fingerprint density at radius 2 is 1.73 bits per heavy atom. The van der Waals surface area contributed by atoms with Gasteiger partial charge in [0.25, 0.3) is 0 Å². The number of ketones is 1. The zero-order chi connectivity index (χ0) is 22.3. The molecule has 0 heterocycles. The van der Waals surface area contributed by atoms with Gasteiger partial charge >= 0.3 is 11.9 Å². The van der Waals surface area contributed by atoms with E-state index in [1.54, 1.807) is 6.92 Å². The van der Waals surface area contributed by atoms with Crippen molar-refractivity contribution in [1.82, 2.24) is 0 Å². The van der Waals surface area contributed by atoms with Crippen LogP contribution in [-0.4, -0.2) is 37.3 Å². The standard InChI is InChI=1S/C21H20ClNO7/c1-4-20(26)23-17-10-19(28-3)15(9-16(17)22)21(27)29-11-18(25)13-5-7-14(8-6-13)30-12(2)24/h5-10H,4,11H2,1-3H3,(H,23,26). The first-order chi connectivity index (χ1) is 14.2. The van der Waals surface area contributed by atoms with Gasteiger partial charge in [-0.25, -0.2) is 4.79 Å². The monoisotopic (exact) mass is 433 g/mol. The van der Waals surface area contributed by atoms with Crippen LogP contribution in [0.3, 0.4) is 0 Å². The number of hydrogen-bond donors (Lipinski definition) is 1. The Bertz CT molecular complexity index is 970. The molecule has 0 atom stereocenters. The molecule has 2 aromatic carbocycles. The van der Waals surface area contributed by atoms with Crippen molar-refractivity contribution in [2.24, 2.45) is 0 Å². The van der Waals surface area contributed by atoms with E-state index in [2.05, 4.69) is 5.32 Å². The summed E-state index contributed by atoms with van der Waals surface area (Å²) in [6, 6.07) is 8.54. The first-order valence-electron chi connectivity index (χ1n) is 8.91. The molecule has 0 aromatic heterocycles. The molecule has 0 unspecified atom stereocenters. The molecule has 0 aliphatic heterocycles. The molecule has 0 saturated carbocycles. The lowest BCUT2D eigenvalue weighted by molar-refractivity contribution is -0.131. The fraction of sp³-hybridized carbons (Fsp3) is 0.238. The number of benzene rings is 2. The zero-order valence-corrected chi connectivity index (χ0v) is 17.4. The highest BCUT2D eigenvalue weighted by Gasteiger charge is 2.19. The van der Waals surface area contributed by atoms with Gasteiger partial charge in [0.15, 0.2) is 12.4 Å². The third-order valence-corrected chi connectivity index (χ3v) is 4.19. The van der Waals surface area contributed by atoms with Gasteiger partial charge in [-0.15, -0.1) is 0 Å². The second-order valence-electron chi connectivity index (χ2n) is 6.05. The maximum absolute atomic E-state index is 12.4. The number of halogens is 1. The van der Waals surface area contributed by atoms with Gasteiger partial charge in [-0.05, 0) is 30.3 Å². The Hall–Kier alpha value is -3.39. The second kappa shape index (κ2) is 10.4. The van der Waals surface area contributed by atoms with E-state index in [0.29, 0.717) is 11.4 Å². The molecule has 0 aliphatic rings. The zero-order valence-electron chi connectivity index (χ0n) is 16.6. The average molecular weight is 434 g/mol. The summed E-state index contributed by atoms with van der Waals surface area (Å²) in [5, 5.41) is 2.72. The predicted octanol–water partition coefficient (Wildman–Crippen LogP) is 3.66. The van der Waals surface area contributed by atoms with Gasteiger partial charge in [0.1, 0.15) is 17.1 Å². The third-order valence-electron chi connectivity index (χ3n) is 3.88. The number of anilines is 1. The number of nitrogens with one attached hydrogen (secondary N) is 1. The van der Waals surface area contributed by atoms with Crippen molar-refractivity contribution in [3.05, 3.63) is 52.5 Å². The number of rotatable bonds is 8. The Balaban J connectivity index is 2.08. The Kier molecular flexibility index (Phi) is 7.94. The lowest BCUT2D eigenvalue weighted by atomic mass is 10.1. The summed E-state index contributed by atoms with van der Waals surface area (Å²) in [4.78, 5) is 47.2. The molecule has 2 rings (SSSR count). The van der Waals surface area contributed by atoms with Crippen LogP contribution in [0.4, 0.5) is 5.69 Å². The van der Waals surface area contributed by atoms with Gasteiger partial charge in [-0.3, -0.25) is 14.4 Å². The van der Waals surface area contributed by atoms with Crippen molar-refractivity contribution in [3.63, 3.8) is 0 Å². The minimum absolute atomic E-state index is 0.00926. The normalized spacial score (nSPS) is 10.1. The molecule has 2 aromatic rings. The maximum Gasteiger partial charge on any atom is 0.342 e. The summed E-state index contributed by atoms with van der Waals surface area (Å²) in [5.41, 5.74) is 0.581. The molecule has 0 radical (unpaired) electrons. The number of esters is 2. The summed E-state index contributed by atoms with van der Waals surface area (Å²) in [6.07, 6.45) is 0.256. The van der Waals surface area contributed by atoms with Gasteiger partial charge in [0.2, 0.25) is 5.91 Å². The van der Waals surface area contributed by atoms with Crippen LogP contribution in [0.2, 0.25) is 5.02 Å².